The predicted molar refractivity (Wildman–Crippen MR) is 87.3 cm³/mol. The molecule has 3 rings (SSSR count). The normalized spacial score (nSPS) is 10.9. The van der Waals surface area contributed by atoms with Crippen molar-refractivity contribution in [1.82, 2.24) is 24.9 Å². The molecule has 0 saturated heterocycles. The molecular weight excluding hydrogens is 308 g/mol. The number of carbonyl (C=O) groups is 1. The molecule has 3 heterocycles. The number of aryl methyl sites for hydroxylation is 5. The van der Waals surface area contributed by atoms with Gasteiger partial charge >= 0.3 is 0 Å². The maximum Gasteiger partial charge on any atom is 0.262 e. The number of aromatic nitrogens is 5. The quantitative estimate of drug-likeness (QED) is 0.793. The molecule has 0 radical (unpaired) electrons. The number of hydrogen-bond acceptors (Lipinski definition) is 6. The number of hydrogen-bond donors (Lipinski definition) is 1. The molecule has 3 aromatic heterocycles. The number of carbonyl (C=O) groups excluding carboxylic acids is 1. The van der Waals surface area contributed by atoms with Gasteiger partial charge in [-0.2, -0.15) is 9.78 Å². The molecule has 0 atom stereocenters. The van der Waals surface area contributed by atoms with Crippen LogP contribution in [0, 0.1) is 34.6 Å². The average molecular weight is 326 g/mol. The summed E-state index contributed by atoms with van der Waals surface area (Å²) in [5.41, 5.74) is 3.35. The Morgan fingerprint density at radius 2 is 1.71 bits per heavy atom. The summed E-state index contributed by atoms with van der Waals surface area (Å²) in [4.78, 5) is 21.3. The van der Waals surface area contributed by atoms with Crippen molar-refractivity contribution < 1.29 is 9.32 Å². The zero-order valence-corrected chi connectivity index (χ0v) is 14.2. The summed E-state index contributed by atoms with van der Waals surface area (Å²) in [6.07, 6.45) is 0. The first-order valence-electron chi connectivity index (χ1n) is 7.48. The molecule has 1 amide bonds. The Morgan fingerprint density at radius 3 is 2.29 bits per heavy atom. The Kier molecular flexibility index (Phi) is 3.88. The Morgan fingerprint density at radius 1 is 1.04 bits per heavy atom. The van der Waals surface area contributed by atoms with E-state index >= 15 is 0 Å². The first-order chi connectivity index (χ1) is 11.3. The van der Waals surface area contributed by atoms with Crippen molar-refractivity contribution in [3.8, 4) is 5.95 Å². The third-order valence-electron chi connectivity index (χ3n) is 3.49. The number of rotatable bonds is 3. The monoisotopic (exact) mass is 326 g/mol. The second-order valence-electron chi connectivity index (χ2n) is 5.69. The molecule has 24 heavy (non-hydrogen) atoms. The highest BCUT2D eigenvalue weighted by Crippen LogP contribution is 2.18. The van der Waals surface area contributed by atoms with E-state index in [0.717, 1.165) is 17.1 Å². The van der Waals surface area contributed by atoms with Gasteiger partial charge in [-0.25, -0.2) is 9.97 Å². The van der Waals surface area contributed by atoms with Crippen molar-refractivity contribution in [3.63, 3.8) is 0 Å². The minimum Gasteiger partial charge on any atom is -0.361 e. The maximum atomic E-state index is 12.6. The molecule has 124 valence electrons. The van der Waals surface area contributed by atoms with Gasteiger partial charge in [0.15, 0.2) is 0 Å². The van der Waals surface area contributed by atoms with Crippen molar-refractivity contribution in [2.45, 2.75) is 34.6 Å². The Balaban J connectivity index is 1.99. The fourth-order valence-corrected chi connectivity index (χ4v) is 2.53. The molecule has 0 saturated carbocycles. The molecule has 0 aliphatic carbocycles. The lowest BCUT2D eigenvalue weighted by atomic mass is 10.2. The smallest absolute Gasteiger partial charge is 0.262 e. The van der Waals surface area contributed by atoms with Gasteiger partial charge in [-0.3, -0.25) is 4.79 Å². The summed E-state index contributed by atoms with van der Waals surface area (Å²) < 4.78 is 6.57. The zero-order valence-electron chi connectivity index (χ0n) is 14.2. The van der Waals surface area contributed by atoms with Crippen molar-refractivity contribution in [3.05, 3.63) is 46.2 Å². The van der Waals surface area contributed by atoms with Gasteiger partial charge in [-0.1, -0.05) is 5.16 Å². The van der Waals surface area contributed by atoms with Crippen LogP contribution in [0.3, 0.4) is 0 Å². The molecule has 0 unspecified atom stereocenters. The van der Waals surface area contributed by atoms with Gasteiger partial charge in [0, 0.05) is 17.5 Å². The highest BCUT2D eigenvalue weighted by atomic mass is 16.5. The highest BCUT2D eigenvalue weighted by Gasteiger charge is 2.20. The summed E-state index contributed by atoms with van der Waals surface area (Å²) in [7, 11) is 0. The fourth-order valence-electron chi connectivity index (χ4n) is 2.53. The maximum absolute atomic E-state index is 12.6. The Hall–Kier alpha value is -3.03. The summed E-state index contributed by atoms with van der Waals surface area (Å²) >= 11 is 0. The van der Waals surface area contributed by atoms with Gasteiger partial charge in [0.05, 0.1) is 11.4 Å². The van der Waals surface area contributed by atoms with E-state index in [-0.39, 0.29) is 5.91 Å². The first kappa shape index (κ1) is 15.9. The second kappa shape index (κ2) is 5.88. The third-order valence-corrected chi connectivity index (χ3v) is 3.49. The van der Waals surface area contributed by atoms with Crippen molar-refractivity contribution >= 4 is 11.7 Å². The third kappa shape index (κ3) is 2.90. The number of amides is 1. The van der Waals surface area contributed by atoms with Gasteiger partial charge in [0.25, 0.3) is 11.9 Å². The minimum absolute atomic E-state index is 0.309. The Labute approximate surface area is 138 Å². The molecule has 0 aliphatic rings. The fraction of sp³-hybridized carbons (Fsp3) is 0.312. The van der Waals surface area contributed by atoms with E-state index in [1.165, 1.54) is 4.68 Å². The van der Waals surface area contributed by atoms with Crippen LogP contribution < -0.4 is 5.32 Å². The molecule has 0 aliphatic heterocycles. The lowest BCUT2D eigenvalue weighted by Gasteiger charge is -2.08. The predicted octanol–water partition coefficient (Wildman–Crippen LogP) is 2.44. The van der Waals surface area contributed by atoms with Crippen LogP contribution in [0.1, 0.15) is 38.9 Å². The van der Waals surface area contributed by atoms with E-state index in [1.807, 2.05) is 26.8 Å². The van der Waals surface area contributed by atoms with Crippen LogP contribution in [0.25, 0.3) is 5.95 Å². The average Bonchev–Trinajstić information content (AvgIpc) is 3.00. The zero-order chi connectivity index (χ0) is 17.4. The SMILES string of the molecule is Cc1cc(C)nc(-n2nc(C)cc2NC(=O)c2c(C)noc2C)n1. The van der Waals surface area contributed by atoms with Crippen LogP contribution >= 0.6 is 0 Å². The lowest BCUT2D eigenvalue weighted by molar-refractivity contribution is 0.102. The minimum atomic E-state index is -0.309. The topological polar surface area (TPSA) is 98.7 Å². The van der Waals surface area contributed by atoms with Crippen LogP contribution in [0.2, 0.25) is 0 Å². The molecule has 3 aromatic rings. The van der Waals surface area contributed by atoms with Gasteiger partial charge in [0.1, 0.15) is 17.1 Å². The molecule has 1 N–H and O–H groups in total. The molecule has 0 spiro atoms. The summed E-state index contributed by atoms with van der Waals surface area (Å²) in [5, 5.41) is 11.0. The number of nitrogens with zero attached hydrogens (tertiary/aromatic N) is 5. The van der Waals surface area contributed by atoms with Crippen LogP contribution in [-0.2, 0) is 0 Å². The molecular formula is C16H18N6O2. The second-order valence-corrected chi connectivity index (χ2v) is 5.69. The van der Waals surface area contributed by atoms with Gasteiger partial charge < -0.3 is 9.84 Å². The van der Waals surface area contributed by atoms with E-state index in [2.05, 4.69) is 25.5 Å². The van der Waals surface area contributed by atoms with Crippen LogP contribution in [0.4, 0.5) is 5.82 Å². The number of anilines is 1. The molecule has 0 bridgehead atoms. The summed E-state index contributed by atoms with van der Waals surface area (Å²) in [6.45, 7) is 9.03. The molecule has 0 fully saturated rings. The molecule has 0 aromatic carbocycles. The van der Waals surface area contributed by atoms with Gasteiger partial charge in [-0.15, -0.1) is 0 Å². The largest absolute Gasteiger partial charge is 0.361 e. The van der Waals surface area contributed by atoms with Crippen LogP contribution in [-0.4, -0.2) is 30.8 Å². The highest BCUT2D eigenvalue weighted by molar-refractivity contribution is 6.05. The van der Waals surface area contributed by atoms with Crippen molar-refractivity contribution in [1.29, 1.82) is 0 Å². The van der Waals surface area contributed by atoms with Crippen LogP contribution in [0.15, 0.2) is 16.7 Å². The van der Waals surface area contributed by atoms with Gasteiger partial charge in [0.2, 0.25) is 0 Å². The van der Waals surface area contributed by atoms with E-state index in [9.17, 15) is 4.79 Å². The Bertz CT molecular complexity index is 885. The summed E-state index contributed by atoms with van der Waals surface area (Å²) in [6, 6.07) is 3.64. The van der Waals surface area contributed by atoms with E-state index in [0.29, 0.717) is 28.8 Å². The first-order valence-corrected chi connectivity index (χ1v) is 7.48. The van der Waals surface area contributed by atoms with Crippen molar-refractivity contribution in [2.24, 2.45) is 0 Å². The summed E-state index contributed by atoms with van der Waals surface area (Å²) in [5.74, 6) is 1.06. The van der Waals surface area contributed by atoms with Crippen LogP contribution in [0.5, 0.6) is 0 Å². The lowest BCUT2D eigenvalue weighted by Crippen LogP contribution is -2.17. The van der Waals surface area contributed by atoms with Crippen molar-refractivity contribution in [2.75, 3.05) is 5.32 Å². The molecule has 8 nitrogen and oxygen atoms in total. The standard InChI is InChI=1S/C16H18N6O2/c1-8-6-9(2)18-16(17-8)22-13(7-10(3)20-22)19-15(23)14-11(4)21-24-12(14)5/h6-7H,1-5H3,(H,19,23). The van der Waals surface area contributed by atoms with E-state index in [4.69, 9.17) is 4.52 Å². The molecule has 8 heteroatoms. The number of nitrogens with one attached hydrogen (secondary N) is 1. The van der Waals surface area contributed by atoms with E-state index in [1.54, 1.807) is 19.9 Å². The van der Waals surface area contributed by atoms with Gasteiger partial charge in [-0.05, 0) is 40.7 Å². The van der Waals surface area contributed by atoms with E-state index < -0.39 is 0 Å².